The number of ether oxygens (including phenoxy) is 5. The zero-order valence-electron chi connectivity index (χ0n) is 15.1. The van der Waals surface area contributed by atoms with Gasteiger partial charge in [-0.25, -0.2) is 0 Å². The second-order valence-electron chi connectivity index (χ2n) is 6.07. The third-order valence-electron chi connectivity index (χ3n) is 4.76. The zero-order chi connectivity index (χ0) is 18.9. The lowest BCUT2D eigenvalue weighted by Crippen LogP contribution is -2.53. The van der Waals surface area contributed by atoms with Crippen molar-refractivity contribution in [3.8, 4) is 0 Å². The van der Waals surface area contributed by atoms with Crippen LogP contribution < -0.4 is 0 Å². The summed E-state index contributed by atoms with van der Waals surface area (Å²) >= 11 is 0. The van der Waals surface area contributed by atoms with Crippen LogP contribution in [0, 0.1) is 5.92 Å². The van der Waals surface area contributed by atoms with E-state index in [1.807, 2.05) is 30.3 Å². The predicted molar refractivity (Wildman–Crippen MR) is 90.4 cm³/mol. The lowest BCUT2D eigenvalue weighted by atomic mass is 9.80. The van der Waals surface area contributed by atoms with Crippen LogP contribution in [-0.2, 0) is 34.3 Å². The Hall–Kier alpha value is -2.35. The van der Waals surface area contributed by atoms with E-state index in [9.17, 15) is 9.90 Å². The van der Waals surface area contributed by atoms with E-state index >= 15 is 0 Å². The minimum Gasteiger partial charge on any atom is -0.493 e. The molecular weight excluding hydrogens is 340 g/mol. The maximum Gasteiger partial charge on any atom is 0.243 e. The molecule has 0 bridgehead atoms. The van der Waals surface area contributed by atoms with E-state index in [1.165, 1.54) is 34.5 Å². The fourth-order valence-corrected chi connectivity index (χ4v) is 3.42. The fourth-order valence-electron chi connectivity index (χ4n) is 3.42. The highest BCUT2D eigenvalue weighted by molar-refractivity contribution is 5.87. The Morgan fingerprint density at radius 2 is 1.77 bits per heavy atom. The van der Waals surface area contributed by atoms with Crippen LogP contribution in [0.25, 0.3) is 0 Å². The molecule has 1 fully saturated rings. The van der Waals surface area contributed by atoms with Crippen LogP contribution in [0.1, 0.15) is 12.0 Å². The monoisotopic (exact) mass is 362 g/mol. The first kappa shape index (κ1) is 18.4. The molecule has 1 aliphatic carbocycles. The second kappa shape index (κ2) is 6.75. The van der Waals surface area contributed by atoms with Gasteiger partial charge in [-0.15, -0.1) is 0 Å². The molecule has 0 radical (unpaired) electrons. The van der Waals surface area contributed by atoms with Gasteiger partial charge in [0.05, 0.1) is 20.6 Å². The largest absolute Gasteiger partial charge is 0.493 e. The highest BCUT2D eigenvalue weighted by atomic mass is 16.7. The number of rotatable bonds is 5. The van der Waals surface area contributed by atoms with Crippen LogP contribution >= 0.6 is 0 Å². The molecule has 26 heavy (non-hydrogen) atoms. The summed E-state index contributed by atoms with van der Waals surface area (Å²) in [5.41, 5.74) is 0.673. The van der Waals surface area contributed by atoms with Crippen LogP contribution in [0.5, 0.6) is 0 Å². The van der Waals surface area contributed by atoms with Crippen molar-refractivity contribution in [1.82, 2.24) is 0 Å². The summed E-state index contributed by atoms with van der Waals surface area (Å²) in [5.74, 6) is -4.11. The average molecular weight is 362 g/mol. The Kier molecular flexibility index (Phi) is 4.79. The number of benzene rings is 1. The Morgan fingerprint density at radius 1 is 1.08 bits per heavy atom. The second-order valence-corrected chi connectivity index (χ2v) is 6.07. The summed E-state index contributed by atoms with van der Waals surface area (Å²) in [5, 5.41) is 10.9. The Labute approximate surface area is 151 Å². The topological polar surface area (TPSA) is 83.5 Å². The first-order valence-corrected chi connectivity index (χ1v) is 8.10. The van der Waals surface area contributed by atoms with Gasteiger partial charge in [-0.1, -0.05) is 30.3 Å². The maximum absolute atomic E-state index is 13.0. The lowest BCUT2D eigenvalue weighted by molar-refractivity contribution is -0.258. The van der Waals surface area contributed by atoms with E-state index < -0.39 is 17.5 Å². The van der Waals surface area contributed by atoms with E-state index in [-0.39, 0.29) is 29.5 Å². The summed E-state index contributed by atoms with van der Waals surface area (Å²) in [6.07, 6.45) is 1.21. The van der Waals surface area contributed by atoms with Gasteiger partial charge < -0.3 is 28.8 Å². The molecule has 3 rings (SSSR count). The molecular formula is C19H22O7. The predicted octanol–water partition coefficient (Wildman–Crippen LogP) is 1.83. The molecule has 7 nitrogen and oxygen atoms in total. The maximum atomic E-state index is 13.0. The molecule has 0 saturated carbocycles. The third-order valence-corrected chi connectivity index (χ3v) is 4.76. The van der Waals surface area contributed by atoms with E-state index in [1.54, 1.807) is 0 Å². The van der Waals surface area contributed by atoms with Crippen LogP contribution in [0.4, 0.5) is 0 Å². The highest BCUT2D eigenvalue weighted by Gasteiger charge is 2.57. The van der Waals surface area contributed by atoms with E-state index in [0.717, 1.165) is 0 Å². The fraction of sp³-hybridized carbons (Fsp3) is 0.421. The van der Waals surface area contributed by atoms with Crippen LogP contribution in [0.3, 0.4) is 0 Å². The standard InChI is InChI=1S/C19H22O7/c1-22-14-11-18(21,24-3)15-13(20)10-19(25-4,12-8-6-5-7-9-12)26-17(15)16(14)23-2/h5-9,11,15,21H,10H2,1-4H3. The van der Waals surface area contributed by atoms with Gasteiger partial charge >= 0.3 is 0 Å². The number of methoxy groups -OCH3 is 4. The molecule has 1 aromatic rings. The zero-order valence-corrected chi connectivity index (χ0v) is 15.1. The van der Waals surface area contributed by atoms with Crippen molar-refractivity contribution >= 4 is 5.78 Å². The minimum atomic E-state index is -1.91. The molecule has 140 valence electrons. The minimum absolute atomic E-state index is 0.0967. The van der Waals surface area contributed by atoms with Gasteiger partial charge in [0.1, 0.15) is 5.92 Å². The molecule has 2 aliphatic rings. The molecule has 3 atom stereocenters. The number of hydrogen-bond acceptors (Lipinski definition) is 7. The number of hydrogen-bond donors (Lipinski definition) is 1. The first-order chi connectivity index (χ1) is 12.4. The van der Waals surface area contributed by atoms with Gasteiger partial charge in [0.15, 0.2) is 23.1 Å². The Balaban J connectivity index is 2.17. The van der Waals surface area contributed by atoms with Crippen molar-refractivity contribution in [2.24, 2.45) is 5.92 Å². The van der Waals surface area contributed by atoms with Crippen molar-refractivity contribution in [3.05, 3.63) is 59.2 Å². The van der Waals surface area contributed by atoms with Crippen molar-refractivity contribution in [1.29, 1.82) is 0 Å². The van der Waals surface area contributed by atoms with Gasteiger partial charge in [0.2, 0.25) is 11.6 Å². The molecule has 1 N–H and O–H groups in total. The van der Waals surface area contributed by atoms with E-state index in [0.29, 0.717) is 5.56 Å². The summed E-state index contributed by atoms with van der Waals surface area (Å²) in [7, 11) is 5.63. The molecule has 3 unspecified atom stereocenters. The number of ketones is 1. The number of carbonyl (C=O) groups is 1. The van der Waals surface area contributed by atoms with Crippen molar-refractivity contribution in [2.75, 3.05) is 28.4 Å². The lowest BCUT2D eigenvalue weighted by Gasteiger charge is -2.45. The Morgan fingerprint density at radius 3 is 2.31 bits per heavy atom. The summed E-state index contributed by atoms with van der Waals surface area (Å²) in [6.45, 7) is 0. The average Bonchev–Trinajstić information content (AvgIpc) is 2.67. The molecule has 0 spiro atoms. The molecule has 0 aromatic heterocycles. The van der Waals surface area contributed by atoms with E-state index in [4.69, 9.17) is 23.7 Å². The number of Topliss-reactive ketones (excluding diaryl/α,β-unsaturated/α-hetero) is 1. The number of carbonyl (C=O) groups excluding carboxylic acids is 1. The quantitative estimate of drug-likeness (QED) is 0.800. The molecule has 1 aromatic carbocycles. The van der Waals surface area contributed by atoms with Crippen molar-refractivity contribution < 1.29 is 33.6 Å². The molecule has 1 saturated heterocycles. The number of fused-ring (bicyclic) bond motifs is 1. The van der Waals surface area contributed by atoms with Crippen LogP contribution in [-0.4, -0.2) is 45.1 Å². The SMILES string of the molecule is COC1=CC(O)(OC)C2C(=O)CC(OC)(c3ccccc3)OC2=C1OC. The third kappa shape index (κ3) is 2.68. The summed E-state index contributed by atoms with van der Waals surface area (Å²) in [6, 6.07) is 9.13. The summed E-state index contributed by atoms with van der Waals surface area (Å²) < 4.78 is 27.7. The van der Waals surface area contributed by atoms with Gasteiger partial charge in [0.25, 0.3) is 0 Å². The number of aliphatic hydroxyl groups is 1. The van der Waals surface area contributed by atoms with Crippen LogP contribution in [0.15, 0.2) is 53.7 Å². The van der Waals surface area contributed by atoms with Gasteiger partial charge in [-0.05, 0) is 0 Å². The van der Waals surface area contributed by atoms with Crippen molar-refractivity contribution in [2.45, 2.75) is 18.0 Å². The molecule has 7 heteroatoms. The van der Waals surface area contributed by atoms with E-state index in [2.05, 4.69) is 0 Å². The normalized spacial score (nSPS) is 31.0. The Bertz CT molecular complexity index is 754. The first-order valence-electron chi connectivity index (χ1n) is 8.10. The highest BCUT2D eigenvalue weighted by Crippen LogP contribution is 2.49. The van der Waals surface area contributed by atoms with Gasteiger partial charge in [-0.3, -0.25) is 4.79 Å². The summed E-state index contributed by atoms with van der Waals surface area (Å²) in [4.78, 5) is 13.0. The smallest absolute Gasteiger partial charge is 0.243 e. The van der Waals surface area contributed by atoms with Crippen molar-refractivity contribution in [3.63, 3.8) is 0 Å². The molecule has 1 aliphatic heterocycles. The van der Waals surface area contributed by atoms with Gasteiger partial charge in [-0.2, -0.15) is 0 Å². The molecule has 1 heterocycles. The molecule has 0 amide bonds. The van der Waals surface area contributed by atoms with Crippen LogP contribution in [0.2, 0.25) is 0 Å². The van der Waals surface area contributed by atoms with Gasteiger partial charge in [0, 0.05) is 25.9 Å².